The van der Waals surface area contributed by atoms with Crippen LogP contribution in [0.15, 0.2) is 33.9 Å². The van der Waals surface area contributed by atoms with E-state index in [1.54, 1.807) is 24.3 Å². The number of rotatable bonds is 3. The fraction of sp³-hybridized carbons (Fsp3) is 0.182. The van der Waals surface area contributed by atoms with Crippen molar-refractivity contribution in [2.45, 2.75) is 5.03 Å². The molecule has 1 aromatic carbocycles. The van der Waals surface area contributed by atoms with E-state index in [0.29, 0.717) is 11.3 Å². The Morgan fingerprint density at radius 3 is 2.40 bits per heavy atom. The average Bonchev–Trinajstić information content (AvgIpc) is 2.78. The molecule has 0 N–H and O–H groups in total. The second-order valence-corrected chi connectivity index (χ2v) is 6.58. The first-order chi connectivity index (χ1) is 9.37. The number of hydrogen-bond acceptors (Lipinski definition) is 5. The van der Waals surface area contributed by atoms with Crippen LogP contribution in [0.4, 0.5) is 5.69 Å². The Balaban J connectivity index is 2.46. The fourth-order valence-electron chi connectivity index (χ4n) is 1.61. The molecule has 0 fully saturated rings. The molecule has 0 saturated heterocycles. The van der Waals surface area contributed by atoms with Gasteiger partial charge in [0.2, 0.25) is 5.03 Å². The van der Waals surface area contributed by atoms with E-state index >= 15 is 0 Å². The topological polar surface area (TPSA) is 91.9 Å². The smallest absolute Gasteiger partial charge is 0.268 e. The van der Waals surface area contributed by atoms with Gasteiger partial charge in [0.25, 0.3) is 10.0 Å². The van der Waals surface area contributed by atoms with Gasteiger partial charge in [-0.1, -0.05) is 5.21 Å². The maximum atomic E-state index is 12.5. The minimum absolute atomic E-state index is 0.0376. The maximum absolute atomic E-state index is 12.5. The Hall–Kier alpha value is -1.92. The Bertz CT molecular complexity index is 757. The first-order valence-electron chi connectivity index (χ1n) is 5.42. The van der Waals surface area contributed by atoms with Crippen molar-refractivity contribution in [1.82, 2.24) is 15.0 Å². The van der Waals surface area contributed by atoms with Gasteiger partial charge in [0, 0.05) is 14.1 Å². The second-order valence-electron chi connectivity index (χ2n) is 3.94. The molecule has 20 heavy (non-hydrogen) atoms. The van der Waals surface area contributed by atoms with Gasteiger partial charge < -0.3 is 0 Å². The lowest BCUT2D eigenvalue weighted by Crippen LogP contribution is -2.28. The third kappa shape index (κ3) is 2.39. The lowest BCUT2D eigenvalue weighted by Gasteiger charge is -2.19. The van der Waals surface area contributed by atoms with E-state index in [1.807, 2.05) is 6.07 Å². The summed E-state index contributed by atoms with van der Waals surface area (Å²) in [5.74, 6) is 0. The van der Waals surface area contributed by atoms with Crippen LogP contribution in [-0.2, 0) is 17.1 Å². The molecule has 0 saturated carbocycles. The summed E-state index contributed by atoms with van der Waals surface area (Å²) in [5.41, 5.74) is 0.903. The third-order valence-electron chi connectivity index (χ3n) is 2.70. The molecule has 0 atom stereocenters. The van der Waals surface area contributed by atoms with Crippen molar-refractivity contribution in [2.75, 3.05) is 11.4 Å². The van der Waals surface area contributed by atoms with E-state index in [2.05, 4.69) is 26.2 Å². The lowest BCUT2D eigenvalue weighted by atomic mass is 10.2. The maximum Gasteiger partial charge on any atom is 0.284 e. The SMILES string of the molecule is CN(c1ccc(C#N)cc1)S(=O)(=O)c1c(Br)nnn1C. The molecule has 0 spiro atoms. The highest BCUT2D eigenvalue weighted by Gasteiger charge is 2.28. The number of nitriles is 1. The van der Waals surface area contributed by atoms with Crippen LogP contribution in [0, 0.1) is 11.3 Å². The van der Waals surface area contributed by atoms with Gasteiger partial charge in [-0.3, -0.25) is 4.31 Å². The fourth-order valence-corrected chi connectivity index (χ4v) is 3.83. The van der Waals surface area contributed by atoms with Crippen LogP contribution >= 0.6 is 15.9 Å². The zero-order valence-electron chi connectivity index (χ0n) is 10.6. The molecule has 1 aromatic heterocycles. The van der Waals surface area contributed by atoms with Crippen LogP contribution in [0.2, 0.25) is 0 Å². The number of anilines is 1. The Labute approximate surface area is 124 Å². The van der Waals surface area contributed by atoms with E-state index < -0.39 is 10.0 Å². The van der Waals surface area contributed by atoms with Crippen molar-refractivity contribution in [1.29, 1.82) is 5.26 Å². The van der Waals surface area contributed by atoms with Crippen molar-refractivity contribution in [3.05, 3.63) is 34.4 Å². The number of aromatic nitrogens is 3. The van der Waals surface area contributed by atoms with Gasteiger partial charge in [-0.15, -0.1) is 5.10 Å². The van der Waals surface area contributed by atoms with Crippen LogP contribution in [0.1, 0.15) is 5.56 Å². The summed E-state index contributed by atoms with van der Waals surface area (Å²) in [6, 6.07) is 8.21. The number of hydrogen-bond donors (Lipinski definition) is 0. The molecule has 2 aromatic rings. The average molecular weight is 356 g/mol. The molecule has 0 aliphatic carbocycles. The van der Waals surface area contributed by atoms with Crippen LogP contribution in [0.3, 0.4) is 0 Å². The number of nitrogens with zero attached hydrogens (tertiary/aromatic N) is 5. The highest BCUT2D eigenvalue weighted by atomic mass is 79.9. The molecule has 9 heteroatoms. The largest absolute Gasteiger partial charge is 0.284 e. The quantitative estimate of drug-likeness (QED) is 0.826. The molecule has 0 bridgehead atoms. The summed E-state index contributed by atoms with van der Waals surface area (Å²) < 4.78 is 27.5. The van der Waals surface area contributed by atoms with Gasteiger partial charge in [0.05, 0.1) is 17.3 Å². The van der Waals surface area contributed by atoms with Gasteiger partial charge in [-0.2, -0.15) is 13.7 Å². The summed E-state index contributed by atoms with van der Waals surface area (Å²) >= 11 is 3.07. The Kier molecular flexibility index (Phi) is 3.78. The molecule has 1 heterocycles. The van der Waals surface area contributed by atoms with E-state index in [9.17, 15) is 8.42 Å². The zero-order valence-corrected chi connectivity index (χ0v) is 13.1. The highest BCUT2D eigenvalue weighted by Crippen LogP contribution is 2.25. The summed E-state index contributed by atoms with van der Waals surface area (Å²) in [6.07, 6.45) is 0. The molecule has 7 nitrogen and oxygen atoms in total. The Morgan fingerprint density at radius 2 is 1.95 bits per heavy atom. The standard InChI is InChI=1S/C11H10BrN5O2S/c1-16-11(10(12)14-15-16)20(18,19)17(2)9-5-3-8(7-13)4-6-9/h3-6H,1-2H3. The minimum Gasteiger partial charge on any atom is -0.268 e. The minimum atomic E-state index is -3.79. The van der Waals surface area contributed by atoms with E-state index in [-0.39, 0.29) is 9.63 Å². The monoisotopic (exact) mass is 355 g/mol. The van der Waals surface area contributed by atoms with Gasteiger partial charge in [-0.25, -0.2) is 4.68 Å². The molecule has 0 unspecified atom stereocenters. The molecular formula is C11H10BrN5O2S. The van der Waals surface area contributed by atoms with Gasteiger partial charge in [0.1, 0.15) is 0 Å². The molecule has 104 valence electrons. The van der Waals surface area contributed by atoms with Crippen LogP contribution in [-0.4, -0.2) is 30.5 Å². The van der Waals surface area contributed by atoms with E-state index in [0.717, 1.165) is 4.31 Å². The Morgan fingerprint density at radius 1 is 1.35 bits per heavy atom. The normalized spacial score (nSPS) is 11.1. The number of sulfonamides is 1. The summed E-state index contributed by atoms with van der Waals surface area (Å²) in [6.45, 7) is 0. The zero-order chi connectivity index (χ0) is 14.9. The van der Waals surface area contributed by atoms with Crippen LogP contribution in [0.5, 0.6) is 0 Å². The molecule has 0 aliphatic rings. The molecule has 0 aliphatic heterocycles. The number of aryl methyl sites for hydroxylation is 1. The highest BCUT2D eigenvalue weighted by molar-refractivity contribution is 9.10. The summed E-state index contributed by atoms with van der Waals surface area (Å²) in [4.78, 5) is 0. The molecule has 0 radical (unpaired) electrons. The summed E-state index contributed by atoms with van der Waals surface area (Å²) in [5, 5.41) is 16.0. The van der Waals surface area contributed by atoms with Crippen molar-refractivity contribution >= 4 is 31.6 Å². The van der Waals surface area contributed by atoms with Crippen molar-refractivity contribution in [3.63, 3.8) is 0 Å². The van der Waals surface area contributed by atoms with Crippen LogP contribution in [0.25, 0.3) is 0 Å². The predicted octanol–water partition coefficient (Wildman–Crippen LogP) is 1.27. The lowest BCUT2D eigenvalue weighted by molar-refractivity contribution is 0.572. The van der Waals surface area contributed by atoms with E-state index in [1.165, 1.54) is 18.8 Å². The molecule has 0 amide bonds. The van der Waals surface area contributed by atoms with Gasteiger partial charge >= 0.3 is 0 Å². The van der Waals surface area contributed by atoms with Crippen molar-refractivity contribution in [3.8, 4) is 6.07 Å². The van der Waals surface area contributed by atoms with Gasteiger partial charge in [0.15, 0.2) is 4.60 Å². The van der Waals surface area contributed by atoms with E-state index in [4.69, 9.17) is 5.26 Å². The first-order valence-corrected chi connectivity index (χ1v) is 7.65. The van der Waals surface area contributed by atoms with Crippen LogP contribution < -0.4 is 4.31 Å². The van der Waals surface area contributed by atoms with Crippen molar-refractivity contribution in [2.24, 2.45) is 7.05 Å². The number of halogens is 1. The predicted molar refractivity (Wildman–Crippen MR) is 75.4 cm³/mol. The first kappa shape index (κ1) is 14.5. The van der Waals surface area contributed by atoms with Crippen molar-refractivity contribution < 1.29 is 8.42 Å². The second kappa shape index (κ2) is 5.22. The third-order valence-corrected chi connectivity index (χ3v) is 5.38. The summed E-state index contributed by atoms with van der Waals surface area (Å²) in [7, 11) is -0.864. The molecular weight excluding hydrogens is 346 g/mol. The van der Waals surface area contributed by atoms with Gasteiger partial charge in [-0.05, 0) is 40.2 Å². The molecule has 2 rings (SSSR count). The number of benzene rings is 1.